The number of thiophene rings is 1. The van der Waals surface area contributed by atoms with Crippen LogP contribution in [0.4, 0.5) is 0 Å². The second-order valence-electron chi connectivity index (χ2n) is 5.43. The summed E-state index contributed by atoms with van der Waals surface area (Å²) in [5, 5.41) is 5.52. The third kappa shape index (κ3) is 3.74. The Balaban J connectivity index is 0.00000147. The van der Waals surface area contributed by atoms with E-state index >= 15 is 0 Å². The van der Waals surface area contributed by atoms with Crippen molar-refractivity contribution in [2.24, 2.45) is 0 Å². The fourth-order valence-electron chi connectivity index (χ4n) is 2.98. The lowest BCUT2D eigenvalue weighted by Gasteiger charge is -2.23. The Bertz CT molecular complexity index is 518. The summed E-state index contributed by atoms with van der Waals surface area (Å²) in [4.78, 5) is 1.15. The van der Waals surface area contributed by atoms with Crippen molar-refractivity contribution in [3.63, 3.8) is 0 Å². The molecule has 0 aliphatic carbocycles. The largest absolute Gasteiger partial charge is 0.310 e. The van der Waals surface area contributed by atoms with Crippen molar-refractivity contribution in [3.8, 4) is 0 Å². The smallest absolute Gasteiger partial charge is 0.214 e. The maximum Gasteiger partial charge on any atom is 0.214 e. The minimum atomic E-state index is -3.11. The van der Waals surface area contributed by atoms with E-state index in [2.05, 4.69) is 5.32 Å². The highest BCUT2D eigenvalue weighted by Crippen LogP contribution is 2.22. The lowest BCUT2D eigenvalue weighted by Crippen LogP contribution is -2.40. The molecule has 2 bridgehead atoms. The van der Waals surface area contributed by atoms with E-state index in [1.54, 1.807) is 15.6 Å². The molecule has 0 aromatic carbocycles. The van der Waals surface area contributed by atoms with E-state index in [1.165, 1.54) is 6.42 Å². The van der Waals surface area contributed by atoms with Gasteiger partial charge in [-0.25, -0.2) is 12.7 Å². The summed E-state index contributed by atoms with van der Waals surface area (Å²) < 4.78 is 26.5. The van der Waals surface area contributed by atoms with Gasteiger partial charge in [-0.1, -0.05) is 6.07 Å². The molecule has 2 atom stereocenters. The number of hydrogen-bond donors (Lipinski definition) is 1. The van der Waals surface area contributed by atoms with Crippen LogP contribution >= 0.6 is 23.7 Å². The first-order valence-corrected chi connectivity index (χ1v) is 9.38. The first-order chi connectivity index (χ1) is 9.13. The van der Waals surface area contributed by atoms with E-state index in [0.717, 1.165) is 17.7 Å². The van der Waals surface area contributed by atoms with Gasteiger partial charge in [0.2, 0.25) is 10.0 Å². The van der Waals surface area contributed by atoms with Crippen LogP contribution in [0.2, 0.25) is 0 Å². The van der Waals surface area contributed by atoms with Gasteiger partial charge in [0.15, 0.2) is 0 Å². The number of aryl methyl sites for hydroxylation is 1. The Morgan fingerprint density at radius 3 is 2.85 bits per heavy atom. The molecule has 0 amide bonds. The zero-order valence-corrected chi connectivity index (χ0v) is 13.8. The average molecular weight is 337 g/mol. The molecule has 2 aliphatic rings. The van der Waals surface area contributed by atoms with Crippen LogP contribution in [0.3, 0.4) is 0 Å². The number of nitrogens with zero attached hydrogens (tertiary/aromatic N) is 1. The Morgan fingerprint density at radius 2 is 2.10 bits per heavy atom. The van der Waals surface area contributed by atoms with Crippen LogP contribution in [0, 0.1) is 0 Å². The summed E-state index contributed by atoms with van der Waals surface area (Å²) in [5.74, 6) is 0.241. The first kappa shape index (κ1) is 16.2. The summed E-state index contributed by atoms with van der Waals surface area (Å²) >= 11 is 1.63. The molecule has 0 spiro atoms. The zero-order valence-electron chi connectivity index (χ0n) is 11.3. The van der Waals surface area contributed by atoms with Crippen molar-refractivity contribution in [2.75, 3.05) is 18.8 Å². The highest BCUT2D eigenvalue weighted by atomic mass is 35.5. The van der Waals surface area contributed by atoms with Gasteiger partial charge in [0.1, 0.15) is 0 Å². The molecule has 1 aromatic rings. The minimum Gasteiger partial charge on any atom is -0.310 e. The summed E-state index contributed by atoms with van der Waals surface area (Å²) in [5.41, 5.74) is 0. The Labute approximate surface area is 131 Å². The van der Waals surface area contributed by atoms with Crippen molar-refractivity contribution >= 4 is 33.8 Å². The normalized spacial score (nSPS) is 27.0. The molecule has 3 rings (SSSR count). The molecule has 2 saturated heterocycles. The van der Waals surface area contributed by atoms with Gasteiger partial charge in [-0.3, -0.25) is 0 Å². The molecule has 20 heavy (non-hydrogen) atoms. The van der Waals surface area contributed by atoms with Crippen LogP contribution in [0.15, 0.2) is 17.5 Å². The summed E-state index contributed by atoms with van der Waals surface area (Å²) in [6.07, 6.45) is 3.90. The number of sulfonamides is 1. The van der Waals surface area contributed by atoms with Crippen molar-refractivity contribution in [3.05, 3.63) is 22.4 Å². The van der Waals surface area contributed by atoms with Crippen LogP contribution in [-0.4, -0.2) is 43.6 Å². The SMILES string of the molecule is Cl.O=S(=O)(CCc1cccs1)N1CCC2CCC(C1)N2. The Morgan fingerprint density at radius 1 is 1.30 bits per heavy atom. The number of fused-ring (bicyclic) bond motifs is 2. The summed E-state index contributed by atoms with van der Waals surface area (Å²) in [7, 11) is -3.11. The molecule has 4 nitrogen and oxygen atoms in total. The highest BCUT2D eigenvalue weighted by Gasteiger charge is 2.33. The van der Waals surface area contributed by atoms with Gasteiger partial charge in [-0.15, -0.1) is 23.7 Å². The molecule has 2 aliphatic heterocycles. The zero-order chi connectivity index (χ0) is 13.3. The molecule has 0 radical (unpaired) electrons. The van der Waals surface area contributed by atoms with E-state index in [9.17, 15) is 8.42 Å². The predicted octanol–water partition coefficient (Wildman–Crippen LogP) is 1.87. The monoisotopic (exact) mass is 336 g/mol. The topological polar surface area (TPSA) is 49.4 Å². The van der Waals surface area contributed by atoms with Gasteiger partial charge in [-0.2, -0.15) is 0 Å². The van der Waals surface area contributed by atoms with Crippen LogP contribution in [0.1, 0.15) is 24.1 Å². The minimum absolute atomic E-state index is 0. The van der Waals surface area contributed by atoms with Crippen LogP contribution in [0.5, 0.6) is 0 Å². The van der Waals surface area contributed by atoms with Crippen molar-refractivity contribution < 1.29 is 8.42 Å². The average Bonchev–Trinajstić information content (AvgIpc) is 2.96. The molecule has 0 saturated carbocycles. The van der Waals surface area contributed by atoms with Gasteiger partial charge in [0, 0.05) is 30.1 Å². The van der Waals surface area contributed by atoms with Gasteiger partial charge in [-0.05, 0) is 37.1 Å². The lowest BCUT2D eigenvalue weighted by molar-refractivity contribution is 0.383. The highest BCUT2D eigenvalue weighted by molar-refractivity contribution is 7.89. The Kier molecular flexibility index (Phi) is 5.48. The fourth-order valence-corrected chi connectivity index (χ4v) is 5.34. The number of nitrogens with one attached hydrogen (secondary N) is 1. The van der Waals surface area contributed by atoms with Crippen LogP contribution in [-0.2, 0) is 16.4 Å². The van der Waals surface area contributed by atoms with Gasteiger partial charge in [0.05, 0.1) is 5.75 Å². The van der Waals surface area contributed by atoms with Crippen molar-refractivity contribution in [1.29, 1.82) is 0 Å². The van der Waals surface area contributed by atoms with Crippen LogP contribution < -0.4 is 5.32 Å². The van der Waals surface area contributed by atoms with Gasteiger partial charge in [0.25, 0.3) is 0 Å². The molecule has 1 aromatic heterocycles. The summed E-state index contributed by atoms with van der Waals surface area (Å²) in [6, 6.07) is 4.87. The van der Waals surface area contributed by atoms with Crippen molar-refractivity contribution in [2.45, 2.75) is 37.8 Å². The van der Waals surface area contributed by atoms with Gasteiger partial charge < -0.3 is 5.32 Å². The first-order valence-electron chi connectivity index (χ1n) is 6.90. The van der Waals surface area contributed by atoms with E-state index in [0.29, 0.717) is 31.6 Å². The van der Waals surface area contributed by atoms with E-state index in [4.69, 9.17) is 0 Å². The maximum atomic E-state index is 12.4. The third-order valence-electron chi connectivity index (χ3n) is 4.07. The van der Waals surface area contributed by atoms with Gasteiger partial charge >= 0.3 is 0 Å². The molecular formula is C13H21ClN2O2S2. The van der Waals surface area contributed by atoms with Crippen molar-refractivity contribution in [1.82, 2.24) is 9.62 Å². The standard InChI is InChI=1S/C13H20N2O2S2.ClH/c16-19(17,9-6-13-2-1-8-18-13)15-7-5-11-3-4-12(10-15)14-11;/h1-2,8,11-12,14H,3-7,9-10H2;1H. The second-order valence-corrected chi connectivity index (χ2v) is 8.55. The number of rotatable bonds is 4. The molecule has 114 valence electrons. The van der Waals surface area contributed by atoms with Crippen LogP contribution in [0.25, 0.3) is 0 Å². The Hall–Kier alpha value is -0.140. The maximum absolute atomic E-state index is 12.4. The number of halogens is 1. The van der Waals surface area contributed by atoms with E-state index < -0.39 is 10.0 Å². The molecule has 2 unspecified atom stereocenters. The predicted molar refractivity (Wildman–Crippen MR) is 85.2 cm³/mol. The molecular weight excluding hydrogens is 316 g/mol. The molecule has 2 fully saturated rings. The van der Waals surface area contributed by atoms with E-state index in [-0.39, 0.29) is 18.2 Å². The molecule has 7 heteroatoms. The molecule has 3 heterocycles. The second kappa shape index (κ2) is 6.75. The fraction of sp³-hybridized carbons (Fsp3) is 0.692. The third-order valence-corrected chi connectivity index (χ3v) is 6.84. The summed E-state index contributed by atoms with van der Waals surface area (Å²) in [6.45, 7) is 1.34. The molecule has 1 N–H and O–H groups in total. The number of hydrogen-bond acceptors (Lipinski definition) is 4. The lowest BCUT2D eigenvalue weighted by atomic mass is 10.1. The quantitative estimate of drug-likeness (QED) is 0.913. The van der Waals surface area contributed by atoms with E-state index in [1.807, 2.05) is 17.5 Å².